The Kier molecular flexibility index (Phi) is 7.11. The molecular weight excluding hydrogens is 344 g/mol. The molecule has 142 valence electrons. The second-order valence-electron chi connectivity index (χ2n) is 6.19. The van der Waals surface area contributed by atoms with Crippen molar-refractivity contribution >= 4 is 23.3 Å². The van der Waals surface area contributed by atoms with Crippen LogP contribution in [0.4, 0.5) is 5.69 Å². The number of methoxy groups -OCH3 is 1. The first-order valence-electron chi connectivity index (χ1n) is 8.69. The van der Waals surface area contributed by atoms with Gasteiger partial charge in [0.05, 0.1) is 13.7 Å². The normalized spacial score (nSPS) is 10.2. The van der Waals surface area contributed by atoms with Gasteiger partial charge in [0.1, 0.15) is 5.75 Å². The molecule has 0 aromatic heterocycles. The van der Waals surface area contributed by atoms with E-state index >= 15 is 0 Å². The Morgan fingerprint density at radius 2 is 1.78 bits per heavy atom. The number of carbonyl (C=O) groups excluding carboxylic acids is 3. The Morgan fingerprint density at radius 3 is 2.44 bits per heavy atom. The van der Waals surface area contributed by atoms with Gasteiger partial charge in [0, 0.05) is 24.7 Å². The number of Topliss-reactive ketones (excluding diaryl/α,β-unsaturated/α-hetero) is 1. The van der Waals surface area contributed by atoms with Crippen LogP contribution in [-0.2, 0) is 16.0 Å². The monoisotopic (exact) mass is 368 g/mol. The van der Waals surface area contributed by atoms with Crippen molar-refractivity contribution in [3.05, 3.63) is 59.7 Å². The number of nitrogens with one attached hydrogen (secondary N) is 1. The van der Waals surface area contributed by atoms with E-state index in [0.29, 0.717) is 24.2 Å². The van der Waals surface area contributed by atoms with Crippen molar-refractivity contribution < 1.29 is 19.1 Å². The van der Waals surface area contributed by atoms with Crippen molar-refractivity contribution in [3.8, 4) is 5.75 Å². The summed E-state index contributed by atoms with van der Waals surface area (Å²) in [7, 11) is 1.60. The van der Waals surface area contributed by atoms with Crippen molar-refractivity contribution in [1.29, 1.82) is 0 Å². The lowest BCUT2D eigenvalue weighted by molar-refractivity contribution is -0.132. The first kappa shape index (κ1) is 20.2. The molecule has 0 aliphatic heterocycles. The number of hydrogen-bond donors (Lipinski definition) is 1. The molecule has 0 aliphatic carbocycles. The van der Waals surface area contributed by atoms with Crippen LogP contribution in [0.5, 0.6) is 5.75 Å². The van der Waals surface area contributed by atoms with Gasteiger partial charge in [-0.05, 0) is 37.1 Å². The summed E-state index contributed by atoms with van der Waals surface area (Å²) < 4.78 is 5.32. The highest BCUT2D eigenvalue weighted by molar-refractivity contribution is 5.98. The van der Waals surface area contributed by atoms with Crippen LogP contribution in [0.1, 0.15) is 29.8 Å². The Hall–Kier alpha value is -3.15. The first-order chi connectivity index (χ1) is 12.9. The minimum atomic E-state index is -0.314. The van der Waals surface area contributed by atoms with Crippen LogP contribution in [0.2, 0.25) is 0 Å². The molecule has 0 atom stereocenters. The lowest BCUT2D eigenvalue weighted by Gasteiger charge is -2.21. The number of carbonyl (C=O) groups is 3. The molecule has 0 heterocycles. The van der Waals surface area contributed by atoms with Gasteiger partial charge in [-0.1, -0.05) is 30.3 Å². The molecule has 1 N–H and O–H groups in total. The smallest absolute Gasteiger partial charge is 0.243 e. The number of para-hydroxylation sites is 1. The molecule has 0 radical (unpaired) electrons. The number of ether oxygens (including phenoxy) is 1. The molecule has 2 aromatic rings. The van der Waals surface area contributed by atoms with Crippen molar-refractivity contribution in [2.24, 2.45) is 0 Å². The molecule has 2 aromatic carbocycles. The first-order valence-corrected chi connectivity index (χ1v) is 8.69. The van der Waals surface area contributed by atoms with Crippen LogP contribution in [0, 0.1) is 0 Å². The maximum absolute atomic E-state index is 12.3. The van der Waals surface area contributed by atoms with Gasteiger partial charge in [-0.3, -0.25) is 14.4 Å². The molecular formula is C21H24N2O4. The standard InChI is InChI=1S/C21H24N2O4/c1-15(24)18-8-6-9-19(13-18)22-21(26)14-23(16(2)25)12-11-17-7-4-5-10-20(17)27-3/h4-10,13H,11-12,14H2,1-3H3,(H,22,26). The number of amides is 2. The molecule has 27 heavy (non-hydrogen) atoms. The van der Waals surface area contributed by atoms with Crippen LogP contribution >= 0.6 is 0 Å². The summed E-state index contributed by atoms with van der Waals surface area (Å²) in [5, 5.41) is 2.73. The number of rotatable bonds is 8. The SMILES string of the molecule is COc1ccccc1CCN(CC(=O)Nc1cccc(C(C)=O)c1)C(C)=O. The van der Waals surface area contributed by atoms with Crippen molar-refractivity contribution in [2.75, 3.05) is 25.5 Å². The molecule has 2 rings (SSSR count). The third kappa shape index (κ3) is 5.95. The van der Waals surface area contributed by atoms with E-state index in [9.17, 15) is 14.4 Å². The van der Waals surface area contributed by atoms with E-state index in [-0.39, 0.29) is 24.1 Å². The number of hydrogen-bond acceptors (Lipinski definition) is 4. The minimum absolute atomic E-state index is 0.0607. The van der Waals surface area contributed by atoms with E-state index in [4.69, 9.17) is 4.74 Å². The summed E-state index contributed by atoms with van der Waals surface area (Å²) in [6, 6.07) is 14.3. The van der Waals surface area contributed by atoms with Crippen molar-refractivity contribution in [3.63, 3.8) is 0 Å². The maximum Gasteiger partial charge on any atom is 0.243 e. The lowest BCUT2D eigenvalue weighted by Crippen LogP contribution is -2.38. The van der Waals surface area contributed by atoms with E-state index in [0.717, 1.165) is 11.3 Å². The third-order valence-corrected chi connectivity index (χ3v) is 4.18. The molecule has 0 saturated heterocycles. The van der Waals surface area contributed by atoms with Gasteiger partial charge in [-0.15, -0.1) is 0 Å². The fourth-order valence-electron chi connectivity index (χ4n) is 2.70. The van der Waals surface area contributed by atoms with Crippen LogP contribution in [0.25, 0.3) is 0 Å². The number of nitrogens with zero attached hydrogens (tertiary/aromatic N) is 1. The summed E-state index contributed by atoms with van der Waals surface area (Å²) in [6.07, 6.45) is 0.580. The Labute approximate surface area is 159 Å². The average Bonchev–Trinajstić information content (AvgIpc) is 2.65. The van der Waals surface area contributed by atoms with E-state index in [1.165, 1.54) is 18.7 Å². The highest BCUT2D eigenvalue weighted by Gasteiger charge is 2.15. The van der Waals surface area contributed by atoms with E-state index in [1.807, 2.05) is 24.3 Å². The van der Waals surface area contributed by atoms with Gasteiger partial charge in [-0.25, -0.2) is 0 Å². The topological polar surface area (TPSA) is 75.7 Å². The van der Waals surface area contributed by atoms with E-state index < -0.39 is 0 Å². The van der Waals surface area contributed by atoms with Gasteiger partial charge in [0.15, 0.2) is 5.78 Å². The quantitative estimate of drug-likeness (QED) is 0.727. The Bertz CT molecular complexity index is 832. The number of ketones is 1. The van der Waals surface area contributed by atoms with Gasteiger partial charge in [-0.2, -0.15) is 0 Å². The van der Waals surface area contributed by atoms with Gasteiger partial charge >= 0.3 is 0 Å². The fourth-order valence-corrected chi connectivity index (χ4v) is 2.70. The molecule has 2 amide bonds. The molecule has 0 aliphatic rings. The molecule has 0 unspecified atom stereocenters. The molecule has 0 fully saturated rings. The predicted octanol–water partition coefficient (Wildman–Crippen LogP) is 2.93. The minimum Gasteiger partial charge on any atom is -0.496 e. The van der Waals surface area contributed by atoms with Crippen LogP contribution < -0.4 is 10.1 Å². The summed E-state index contributed by atoms with van der Waals surface area (Å²) in [5.74, 6) is 0.184. The van der Waals surface area contributed by atoms with Gasteiger partial charge < -0.3 is 15.0 Å². The average molecular weight is 368 g/mol. The summed E-state index contributed by atoms with van der Waals surface area (Å²) >= 11 is 0. The lowest BCUT2D eigenvalue weighted by atomic mass is 10.1. The second-order valence-corrected chi connectivity index (χ2v) is 6.19. The van der Waals surface area contributed by atoms with Gasteiger partial charge in [0.2, 0.25) is 11.8 Å². The predicted molar refractivity (Wildman–Crippen MR) is 104 cm³/mol. The van der Waals surface area contributed by atoms with Crippen LogP contribution in [-0.4, -0.2) is 42.7 Å². The third-order valence-electron chi connectivity index (χ3n) is 4.18. The highest BCUT2D eigenvalue weighted by Crippen LogP contribution is 2.18. The molecule has 0 spiro atoms. The van der Waals surface area contributed by atoms with E-state index in [1.54, 1.807) is 31.4 Å². The zero-order valence-corrected chi connectivity index (χ0v) is 15.8. The molecule has 0 bridgehead atoms. The van der Waals surface area contributed by atoms with Crippen LogP contribution in [0.3, 0.4) is 0 Å². The maximum atomic E-state index is 12.3. The molecule has 6 nitrogen and oxygen atoms in total. The summed E-state index contributed by atoms with van der Waals surface area (Å²) in [5.41, 5.74) is 2.02. The summed E-state index contributed by atoms with van der Waals surface area (Å²) in [4.78, 5) is 37.2. The highest BCUT2D eigenvalue weighted by atomic mass is 16.5. The summed E-state index contributed by atoms with van der Waals surface area (Å²) in [6.45, 7) is 3.24. The zero-order valence-electron chi connectivity index (χ0n) is 15.8. The Balaban J connectivity index is 1.99. The number of benzene rings is 2. The Morgan fingerprint density at radius 1 is 1.04 bits per heavy atom. The van der Waals surface area contributed by atoms with Crippen LogP contribution in [0.15, 0.2) is 48.5 Å². The van der Waals surface area contributed by atoms with Crippen molar-refractivity contribution in [1.82, 2.24) is 4.90 Å². The number of anilines is 1. The van der Waals surface area contributed by atoms with E-state index in [2.05, 4.69) is 5.32 Å². The molecule has 0 saturated carbocycles. The molecule has 6 heteroatoms. The zero-order chi connectivity index (χ0) is 19.8. The van der Waals surface area contributed by atoms with Crippen molar-refractivity contribution in [2.45, 2.75) is 20.3 Å². The van der Waals surface area contributed by atoms with Gasteiger partial charge in [0.25, 0.3) is 0 Å². The fraction of sp³-hybridized carbons (Fsp3) is 0.286. The largest absolute Gasteiger partial charge is 0.496 e. The second kappa shape index (κ2) is 9.52.